The third-order valence-corrected chi connectivity index (χ3v) is 3.91. The highest BCUT2D eigenvalue weighted by Gasteiger charge is 2.17. The number of rotatable bonds is 5. The molecule has 4 heteroatoms. The fraction of sp³-hybridized carbons (Fsp3) is 0.222. The van der Waals surface area contributed by atoms with Crippen molar-refractivity contribution in [1.82, 2.24) is 4.98 Å². The van der Waals surface area contributed by atoms with E-state index in [-0.39, 0.29) is 11.6 Å². The van der Waals surface area contributed by atoms with Crippen molar-refractivity contribution in [2.45, 2.75) is 19.3 Å². The smallest absolute Gasteiger partial charge is 0.147 e. The van der Waals surface area contributed by atoms with E-state index in [1.54, 1.807) is 24.3 Å². The third kappa shape index (κ3) is 2.62. The fourth-order valence-corrected chi connectivity index (χ4v) is 2.84. The van der Waals surface area contributed by atoms with Crippen molar-refractivity contribution < 1.29 is 8.78 Å². The largest absolute Gasteiger partial charge is 0.352 e. The zero-order valence-corrected chi connectivity index (χ0v) is 12.2. The van der Waals surface area contributed by atoms with Crippen LogP contribution >= 0.6 is 0 Å². The Morgan fingerprint density at radius 2 is 1.68 bits per heavy atom. The van der Waals surface area contributed by atoms with Crippen LogP contribution < -0.4 is 5.73 Å². The Morgan fingerprint density at radius 1 is 0.909 bits per heavy atom. The lowest BCUT2D eigenvalue weighted by Crippen LogP contribution is -1.99. The molecule has 0 saturated heterocycles. The molecule has 0 aliphatic carbocycles. The lowest BCUT2D eigenvalue weighted by Gasteiger charge is -2.06. The molecule has 0 atom stereocenters. The maximum Gasteiger partial charge on any atom is 0.147 e. The number of aryl methyl sites for hydroxylation is 1. The van der Waals surface area contributed by atoms with Crippen LogP contribution in [0.1, 0.15) is 18.4 Å². The van der Waals surface area contributed by atoms with Crippen molar-refractivity contribution in [1.29, 1.82) is 0 Å². The minimum Gasteiger partial charge on any atom is -0.352 e. The number of nitrogens with two attached hydrogens (primary N) is 1. The van der Waals surface area contributed by atoms with Crippen molar-refractivity contribution in [3.05, 3.63) is 59.7 Å². The predicted octanol–water partition coefficient (Wildman–Crippen LogP) is 4.39. The van der Waals surface area contributed by atoms with E-state index in [9.17, 15) is 8.78 Å². The summed E-state index contributed by atoms with van der Waals surface area (Å²) in [5.74, 6) is -0.630. The van der Waals surface area contributed by atoms with E-state index in [0.717, 1.165) is 30.2 Å². The van der Waals surface area contributed by atoms with Gasteiger partial charge in [0.2, 0.25) is 0 Å². The van der Waals surface area contributed by atoms with Gasteiger partial charge in [0.15, 0.2) is 0 Å². The van der Waals surface area contributed by atoms with Crippen molar-refractivity contribution in [3.8, 4) is 11.3 Å². The van der Waals surface area contributed by atoms with Gasteiger partial charge in [0.1, 0.15) is 11.6 Å². The summed E-state index contributed by atoms with van der Waals surface area (Å²) in [5, 5.41) is 0.815. The average molecular weight is 300 g/mol. The van der Waals surface area contributed by atoms with E-state index in [2.05, 4.69) is 4.98 Å². The molecule has 2 nitrogen and oxygen atoms in total. The van der Waals surface area contributed by atoms with Crippen LogP contribution in [0.15, 0.2) is 42.5 Å². The molecule has 0 aliphatic rings. The maximum atomic E-state index is 14.1. The lowest BCUT2D eigenvalue weighted by atomic mass is 10.00. The molecule has 3 aromatic rings. The van der Waals surface area contributed by atoms with Crippen molar-refractivity contribution in [2.75, 3.05) is 6.54 Å². The van der Waals surface area contributed by atoms with Gasteiger partial charge in [-0.25, -0.2) is 8.78 Å². The molecular formula is C18H18F2N2. The number of fused-ring (bicyclic) bond motifs is 1. The van der Waals surface area contributed by atoms with E-state index < -0.39 is 0 Å². The molecule has 1 heterocycles. The first kappa shape index (κ1) is 14.7. The van der Waals surface area contributed by atoms with Gasteiger partial charge < -0.3 is 10.7 Å². The fourth-order valence-electron chi connectivity index (χ4n) is 2.84. The molecule has 0 aliphatic heterocycles. The first-order valence-electron chi connectivity index (χ1n) is 7.46. The number of halogens is 2. The highest BCUT2D eigenvalue weighted by atomic mass is 19.1. The number of benzene rings is 2. The van der Waals surface area contributed by atoms with Gasteiger partial charge >= 0.3 is 0 Å². The molecule has 3 rings (SSSR count). The number of hydrogen-bond acceptors (Lipinski definition) is 1. The number of para-hydroxylation sites is 1. The van der Waals surface area contributed by atoms with Gasteiger partial charge in [-0.15, -0.1) is 0 Å². The number of H-pyrrole nitrogens is 1. The van der Waals surface area contributed by atoms with Crippen LogP contribution in [0.25, 0.3) is 22.2 Å². The highest BCUT2D eigenvalue weighted by molar-refractivity contribution is 5.91. The number of aromatic amines is 1. The summed E-state index contributed by atoms with van der Waals surface area (Å²) in [6.45, 7) is 0.617. The molecule has 2 aromatic carbocycles. The molecule has 0 amide bonds. The molecule has 0 spiro atoms. The standard InChI is InChI=1S/C18H18F2N2/c19-15-9-2-1-7-14(15)17-12(6-3-4-11-21)13-8-5-10-16(20)18(13)22-17/h1-2,5,7-10,22H,3-4,6,11,21H2. The molecule has 3 N–H and O–H groups in total. The molecule has 114 valence electrons. The van der Waals surface area contributed by atoms with E-state index in [1.807, 2.05) is 6.07 Å². The Labute approximate surface area is 128 Å². The molecule has 0 saturated carbocycles. The second kappa shape index (κ2) is 6.28. The van der Waals surface area contributed by atoms with E-state index in [0.29, 0.717) is 23.3 Å². The Balaban J connectivity index is 2.17. The van der Waals surface area contributed by atoms with E-state index in [4.69, 9.17) is 5.73 Å². The van der Waals surface area contributed by atoms with Crippen LogP contribution in [0.4, 0.5) is 8.78 Å². The number of aromatic nitrogens is 1. The highest BCUT2D eigenvalue weighted by Crippen LogP contribution is 2.33. The van der Waals surface area contributed by atoms with Crippen LogP contribution in [0.3, 0.4) is 0 Å². The summed E-state index contributed by atoms with van der Waals surface area (Å²) in [4.78, 5) is 3.07. The van der Waals surface area contributed by atoms with Gasteiger partial charge in [-0.3, -0.25) is 0 Å². The van der Waals surface area contributed by atoms with Gasteiger partial charge in [0, 0.05) is 10.9 Å². The van der Waals surface area contributed by atoms with Crippen LogP contribution in [0.5, 0.6) is 0 Å². The molecule has 0 fully saturated rings. The first-order chi connectivity index (χ1) is 10.7. The van der Waals surface area contributed by atoms with Gasteiger partial charge in [0.05, 0.1) is 11.2 Å². The van der Waals surface area contributed by atoms with Crippen molar-refractivity contribution in [2.24, 2.45) is 5.73 Å². The van der Waals surface area contributed by atoms with Gasteiger partial charge in [-0.05, 0) is 49.6 Å². The minimum absolute atomic E-state index is 0.311. The molecule has 0 bridgehead atoms. The van der Waals surface area contributed by atoms with Crippen LogP contribution in [0.2, 0.25) is 0 Å². The monoisotopic (exact) mass is 300 g/mol. The van der Waals surface area contributed by atoms with Crippen LogP contribution in [0, 0.1) is 11.6 Å². The first-order valence-corrected chi connectivity index (χ1v) is 7.46. The van der Waals surface area contributed by atoms with E-state index in [1.165, 1.54) is 12.1 Å². The van der Waals surface area contributed by atoms with Crippen molar-refractivity contribution in [3.63, 3.8) is 0 Å². The Kier molecular flexibility index (Phi) is 4.20. The van der Waals surface area contributed by atoms with Gasteiger partial charge in [0.25, 0.3) is 0 Å². The normalized spacial score (nSPS) is 11.2. The maximum absolute atomic E-state index is 14.1. The third-order valence-electron chi connectivity index (χ3n) is 3.91. The van der Waals surface area contributed by atoms with E-state index >= 15 is 0 Å². The Morgan fingerprint density at radius 3 is 2.45 bits per heavy atom. The molecule has 22 heavy (non-hydrogen) atoms. The molecule has 1 aromatic heterocycles. The van der Waals surface area contributed by atoms with Gasteiger partial charge in [-0.1, -0.05) is 24.3 Å². The quantitative estimate of drug-likeness (QED) is 0.674. The Hall–Kier alpha value is -2.20. The van der Waals surface area contributed by atoms with Crippen LogP contribution in [-0.2, 0) is 6.42 Å². The SMILES string of the molecule is NCCCCc1c(-c2ccccc2F)[nH]c2c(F)cccc12. The average Bonchev–Trinajstić information content (AvgIpc) is 2.88. The second-order valence-corrected chi connectivity index (χ2v) is 5.37. The predicted molar refractivity (Wildman–Crippen MR) is 85.6 cm³/mol. The zero-order valence-electron chi connectivity index (χ0n) is 12.2. The second-order valence-electron chi connectivity index (χ2n) is 5.37. The molecule has 0 unspecified atom stereocenters. The summed E-state index contributed by atoms with van der Waals surface area (Å²) >= 11 is 0. The number of nitrogens with one attached hydrogen (secondary N) is 1. The van der Waals surface area contributed by atoms with Crippen LogP contribution in [-0.4, -0.2) is 11.5 Å². The summed E-state index contributed by atoms with van der Waals surface area (Å²) < 4.78 is 28.2. The van der Waals surface area contributed by atoms with Gasteiger partial charge in [-0.2, -0.15) is 0 Å². The molecule has 0 radical (unpaired) electrons. The number of hydrogen-bond donors (Lipinski definition) is 2. The molecular weight excluding hydrogens is 282 g/mol. The summed E-state index contributed by atoms with van der Waals surface area (Å²) in [6.07, 6.45) is 2.52. The minimum atomic E-state index is -0.319. The summed E-state index contributed by atoms with van der Waals surface area (Å²) in [7, 11) is 0. The Bertz CT molecular complexity index is 793. The zero-order chi connectivity index (χ0) is 15.5. The number of unbranched alkanes of at least 4 members (excludes halogenated alkanes) is 1. The lowest BCUT2D eigenvalue weighted by molar-refractivity contribution is 0.630. The summed E-state index contributed by atoms with van der Waals surface area (Å²) in [5.41, 5.74) is 8.07. The van der Waals surface area contributed by atoms with Crippen molar-refractivity contribution >= 4 is 10.9 Å². The summed E-state index contributed by atoms with van der Waals surface area (Å²) in [6, 6.07) is 11.5. The topological polar surface area (TPSA) is 41.8 Å².